The standard InChI is InChI=1S/C17H27NO3/c19-14-7-3-2-6-13(14)12-18-15(20)10-17(11-16(18)21)8-4-1-5-9-17/h13-14,19H,1-12H2. The fourth-order valence-corrected chi connectivity index (χ4v) is 4.53. The van der Waals surface area contributed by atoms with Crippen molar-refractivity contribution in [3.63, 3.8) is 0 Å². The van der Waals surface area contributed by atoms with E-state index < -0.39 is 0 Å². The maximum Gasteiger partial charge on any atom is 0.229 e. The lowest BCUT2D eigenvalue weighted by Gasteiger charge is -2.43. The van der Waals surface area contributed by atoms with Gasteiger partial charge in [-0.1, -0.05) is 32.1 Å². The van der Waals surface area contributed by atoms with Gasteiger partial charge in [0, 0.05) is 25.3 Å². The molecule has 0 radical (unpaired) electrons. The summed E-state index contributed by atoms with van der Waals surface area (Å²) in [5.74, 6) is 0.101. The number of carbonyl (C=O) groups is 2. The number of carbonyl (C=O) groups excluding carboxylic acids is 2. The van der Waals surface area contributed by atoms with Gasteiger partial charge in [-0.15, -0.1) is 0 Å². The molecule has 1 heterocycles. The Hall–Kier alpha value is -0.900. The minimum absolute atomic E-state index is 0.00548. The van der Waals surface area contributed by atoms with E-state index in [0.29, 0.717) is 19.4 Å². The number of imide groups is 1. The van der Waals surface area contributed by atoms with E-state index in [9.17, 15) is 14.7 Å². The van der Waals surface area contributed by atoms with Gasteiger partial charge >= 0.3 is 0 Å². The van der Waals surface area contributed by atoms with Crippen LogP contribution in [0.25, 0.3) is 0 Å². The Bertz CT molecular complexity index is 394. The average molecular weight is 293 g/mol. The lowest BCUT2D eigenvalue weighted by atomic mass is 9.67. The summed E-state index contributed by atoms with van der Waals surface area (Å²) >= 11 is 0. The van der Waals surface area contributed by atoms with Crippen molar-refractivity contribution < 1.29 is 14.7 Å². The third-order valence-electron chi connectivity index (χ3n) is 5.85. The number of piperidine rings is 1. The predicted octanol–water partition coefficient (Wildman–Crippen LogP) is 2.64. The van der Waals surface area contributed by atoms with E-state index >= 15 is 0 Å². The molecule has 0 aromatic heterocycles. The van der Waals surface area contributed by atoms with Gasteiger partial charge in [-0.2, -0.15) is 0 Å². The number of rotatable bonds is 2. The summed E-state index contributed by atoms with van der Waals surface area (Å²) in [5.41, 5.74) is -0.0336. The van der Waals surface area contributed by atoms with Crippen molar-refractivity contribution in [3.8, 4) is 0 Å². The second-order valence-corrected chi connectivity index (χ2v) is 7.42. The Kier molecular flexibility index (Phi) is 4.34. The number of likely N-dealkylation sites (tertiary alicyclic amines) is 1. The van der Waals surface area contributed by atoms with Crippen LogP contribution in [-0.4, -0.2) is 34.5 Å². The molecule has 1 spiro atoms. The van der Waals surface area contributed by atoms with Crippen molar-refractivity contribution in [1.29, 1.82) is 0 Å². The van der Waals surface area contributed by atoms with Crippen LogP contribution in [0.2, 0.25) is 0 Å². The summed E-state index contributed by atoms with van der Waals surface area (Å²) in [6.07, 6.45) is 10.3. The van der Waals surface area contributed by atoms with E-state index in [1.807, 2.05) is 0 Å². The lowest BCUT2D eigenvalue weighted by Crippen LogP contribution is -2.51. The molecule has 3 aliphatic rings. The van der Waals surface area contributed by atoms with Gasteiger partial charge in [-0.05, 0) is 31.1 Å². The molecule has 1 N–H and O–H groups in total. The SMILES string of the molecule is O=C1CC2(CCCCC2)CC(=O)N1CC1CCCCC1O. The second kappa shape index (κ2) is 6.07. The molecule has 2 atom stereocenters. The number of aliphatic hydroxyl groups is 1. The second-order valence-electron chi connectivity index (χ2n) is 7.42. The minimum Gasteiger partial charge on any atom is -0.393 e. The van der Waals surface area contributed by atoms with Crippen molar-refractivity contribution in [2.24, 2.45) is 11.3 Å². The van der Waals surface area contributed by atoms with Crippen LogP contribution < -0.4 is 0 Å². The fourth-order valence-electron chi connectivity index (χ4n) is 4.53. The molecule has 2 amide bonds. The summed E-state index contributed by atoms with van der Waals surface area (Å²) in [6.45, 7) is 0.439. The zero-order valence-electron chi connectivity index (χ0n) is 12.9. The van der Waals surface area contributed by atoms with Crippen LogP contribution in [0.5, 0.6) is 0 Å². The highest BCUT2D eigenvalue weighted by Crippen LogP contribution is 2.45. The third kappa shape index (κ3) is 3.15. The van der Waals surface area contributed by atoms with Crippen LogP contribution >= 0.6 is 0 Å². The van der Waals surface area contributed by atoms with Crippen molar-refractivity contribution in [2.75, 3.05) is 6.54 Å². The molecule has 4 heteroatoms. The molecule has 1 aliphatic heterocycles. The molecule has 0 bridgehead atoms. The predicted molar refractivity (Wildman–Crippen MR) is 79.4 cm³/mol. The first-order chi connectivity index (χ1) is 10.1. The highest BCUT2D eigenvalue weighted by molar-refractivity contribution is 5.98. The average Bonchev–Trinajstić information content (AvgIpc) is 2.45. The summed E-state index contributed by atoms with van der Waals surface area (Å²) in [6, 6.07) is 0. The van der Waals surface area contributed by atoms with E-state index in [4.69, 9.17) is 0 Å². The summed E-state index contributed by atoms with van der Waals surface area (Å²) < 4.78 is 0. The summed E-state index contributed by atoms with van der Waals surface area (Å²) in [7, 11) is 0. The molecule has 0 aromatic carbocycles. The number of nitrogens with zero attached hydrogens (tertiary/aromatic N) is 1. The highest BCUT2D eigenvalue weighted by atomic mass is 16.3. The summed E-state index contributed by atoms with van der Waals surface area (Å²) in [4.78, 5) is 26.4. The van der Waals surface area contributed by atoms with Crippen LogP contribution in [0, 0.1) is 11.3 Å². The topological polar surface area (TPSA) is 57.6 Å². The quantitative estimate of drug-likeness (QED) is 0.796. The van der Waals surface area contributed by atoms with E-state index in [2.05, 4.69) is 0 Å². The molecule has 3 rings (SSSR count). The zero-order valence-corrected chi connectivity index (χ0v) is 12.9. The van der Waals surface area contributed by atoms with Crippen LogP contribution in [0.4, 0.5) is 0 Å². The lowest BCUT2D eigenvalue weighted by molar-refractivity contribution is -0.156. The van der Waals surface area contributed by atoms with Crippen molar-refractivity contribution in [2.45, 2.75) is 76.7 Å². The smallest absolute Gasteiger partial charge is 0.229 e. The molecule has 1 saturated heterocycles. The van der Waals surface area contributed by atoms with E-state index in [-0.39, 0.29) is 29.3 Å². The molecule has 118 valence electrons. The van der Waals surface area contributed by atoms with Gasteiger partial charge in [-0.25, -0.2) is 0 Å². The molecular weight excluding hydrogens is 266 g/mol. The first-order valence-corrected chi connectivity index (χ1v) is 8.61. The van der Waals surface area contributed by atoms with E-state index in [0.717, 1.165) is 51.4 Å². The molecule has 4 nitrogen and oxygen atoms in total. The van der Waals surface area contributed by atoms with Gasteiger partial charge in [0.2, 0.25) is 11.8 Å². The van der Waals surface area contributed by atoms with Crippen LogP contribution in [0.3, 0.4) is 0 Å². The van der Waals surface area contributed by atoms with E-state index in [1.54, 1.807) is 0 Å². The number of amides is 2. The molecule has 2 unspecified atom stereocenters. The number of aliphatic hydroxyl groups excluding tert-OH is 1. The van der Waals surface area contributed by atoms with Crippen molar-refractivity contribution >= 4 is 11.8 Å². The van der Waals surface area contributed by atoms with Gasteiger partial charge in [0.05, 0.1) is 6.10 Å². The van der Waals surface area contributed by atoms with Gasteiger partial charge in [0.25, 0.3) is 0 Å². The van der Waals surface area contributed by atoms with Crippen molar-refractivity contribution in [1.82, 2.24) is 4.90 Å². The van der Waals surface area contributed by atoms with Gasteiger partial charge in [0.15, 0.2) is 0 Å². The maximum absolute atomic E-state index is 12.5. The van der Waals surface area contributed by atoms with Crippen LogP contribution in [0.15, 0.2) is 0 Å². The van der Waals surface area contributed by atoms with Gasteiger partial charge < -0.3 is 5.11 Å². The fraction of sp³-hybridized carbons (Fsp3) is 0.882. The molecule has 2 aliphatic carbocycles. The Balaban J connectivity index is 1.65. The first kappa shape index (κ1) is 15.0. The Labute approximate surface area is 126 Å². The molecule has 3 fully saturated rings. The van der Waals surface area contributed by atoms with Gasteiger partial charge in [-0.3, -0.25) is 14.5 Å². The molecule has 2 saturated carbocycles. The Morgan fingerprint density at radius 2 is 1.57 bits per heavy atom. The zero-order chi connectivity index (χ0) is 14.9. The number of hydrogen-bond donors (Lipinski definition) is 1. The molecule has 21 heavy (non-hydrogen) atoms. The van der Waals surface area contributed by atoms with Crippen LogP contribution in [-0.2, 0) is 9.59 Å². The highest BCUT2D eigenvalue weighted by Gasteiger charge is 2.44. The van der Waals surface area contributed by atoms with Crippen molar-refractivity contribution in [3.05, 3.63) is 0 Å². The Morgan fingerprint density at radius 3 is 2.19 bits per heavy atom. The van der Waals surface area contributed by atoms with E-state index in [1.165, 1.54) is 11.3 Å². The first-order valence-electron chi connectivity index (χ1n) is 8.61. The molecule has 0 aromatic rings. The van der Waals surface area contributed by atoms with Crippen LogP contribution in [0.1, 0.15) is 70.6 Å². The third-order valence-corrected chi connectivity index (χ3v) is 5.85. The Morgan fingerprint density at radius 1 is 0.952 bits per heavy atom. The summed E-state index contributed by atoms with van der Waals surface area (Å²) in [5, 5.41) is 10.1. The minimum atomic E-state index is -0.343. The molecular formula is C17H27NO3. The number of hydrogen-bond acceptors (Lipinski definition) is 3. The van der Waals surface area contributed by atoms with Gasteiger partial charge in [0.1, 0.15) is 0 Å². The largest absolute Gasteiger partial charge is 0.393 e. The normalized spacial score (nSPS) is 33.5. The monoisotopic (exact) mass is 293 g/mol. The maximum atomic E-state index is 12.5.